The third-order valence-electron chi connectivity index (χ3n) is 4.33. The van der Waals surface area contributed by atoms with Crippen molar-refractivity contribution in [2.45, 2.75) is 26.6 Å². The summed E-state index contributed by atoms with van der Waals surface area (Å²) in [6, 6.07) is 22.6. The molecule has 0 amide bonds. The van der Waals surface area contributed by atoms with Crippen LogP contribution in [0.15, 0.2) is 71.2 Å². The van der Waals surface area contributed by atoms with Crippen molar-refractivity contribution in [3.05, 3.63) is 93.5 Å². The molecule has 0 heterocycles. The molecule has 0 unspecified atom stereocenters. The van der Waals surface area contributed by atoms with E-state index in [1.54, 1.807) is 7.11 Å². The van der Waals surface area contributed by atoms with Crippen molar-refractivity contribution in [1.29, 1.82) is 0 Å². The number of halogens is 1. The first-order valence-electron chi connectivity index (χ1n) is 8.95. The quantitative estimate of drug-likeness (QED) is 0.506. The number of aryl methyl sites for hydroxylation is 1. The second-order valence-electron chi connectivity index (χ2n) is 6.42. The van der Waals surface area contributed by atoms with E-state index in [1.165, 1.54) is 11.1 Å². The summed E-state index contributed by atoms with van der Waals surface area (Å²) in [7, 11) is 1.67. The molecule has 4 heteroatoms. The number of ether oxygens (including phenoxy) is 2. The minimum atomic E-state index is 0.500. The number of hydrogen-bond acceptors (Lipinski definition) is 3. The Morgan fingerprint density at radius 2 is 1.67 bits per heavy atom. The summed E-state index contributed by atoms with van der Waals surface area (Å²) < 4.78 is 12.7. The molecule has 0 atom stereocenters. The SMILES string of the molecule is COc1ccc(Br)c(CNCc2ccccc2)c1OCc1cccc(C)c1. The zero-order valence-corrected chi connectivity index (χ0v) is 17.3. The van der Waals surface area contributed by atoms with Gasteiger partial charge in [0.1, 0.15) is 6.61 Å². The van der Waals surface area contributed by atoms with Gasteiger partial charge in [0, 0.05) is 23.1 Å². The standard InChI is InChI=1S/C23H24BrNO2/c1-17-7-6-10-19(13-17)16-27-23-20(21(24)11-12-22(23)26-2)15-25-14-18-8-4-3-5-9-18/h3-13,25H,14-16H2,1-2H3. The number of hydrogen-bond donors (Lipinski definition) is 1. The van der Waals surface area contributed by atoms with E-state index in [2.05, 4.69) is 76.7 Å². The van der Waals surface area contributed by atoms with Gasteiger partial charge in [-0.05, 0) is 30.2 Å². The normalized spacial score (nSPS) is 10.6. The molecule has 140 valence electrons. The predicted octanol–water partition coefficient (Wildman–Crippen LogP) is 5.63. The highest BCUT2D eigenvalue weighted by Gasteiger charge is 2.15. The lowest BCUT2D eigenvalue weighted by molar-refractivity contribution is 0.280. The Morgan fingerprint density at radius 3 is 2.41 bits per heavy atom. The van der Waals surface area contributed by atoms with Gasteiger partial charge in [0.15, 0.2) is 11.5 Å². The van der Waals surface area contributed by atoms with Crippen molar-refractivity contribution in [3.63, 3.8) is 0 Å². The van der Waals surface area contributed by atoms with E-state index in [9.17, 15) is 0 Å². The van der Waals surface area contributed by atoms with Gasteiger partial charge in [0.05, 0.1) is 7.11 Å². The second-order valence-corrected chi connectivity index (χ2v) is 7.28. The summed E-state index contributed by atoms with van der Waals surface area (Å²) >= 11 is 3.66. The molecule has 0 fully saturated rings. The third-order valence-corrected chi connectivity index (χ3v) is 5.07. The van der Waals surface area contributed by atoms with Gasteiger partial charge >= 0.3 is 0 Å². The smallest absolute Gasteiger partial charge is 0.167 e. The summed E-state index contributed by atoms with van der Waals surface area (Å²) in [6.45, 7) is 4.06. The van der Waals surface area contributed by atoms with Gasteiger partial charge in [0.25, 0.3) is 0 Å². The molecule has 0 aliphatic rings. The van der Waals surface area contributed by atoms with Crippen molar-refractivity contribution < 1.29 is 9.47 Å². The Bertz CT molecular complexity index is 881. The minimum Gasteiger partial charge on any atom is -0.493 e. The van der Waals surface area contributed by atoms with Gasteiger partial charge in [-0.2, -0.15) is 0 Å². The maximum atomic E-state index is 6.19. The van der Waals surface area contributed by atoms with Crippen LogP contribution in [0.25, 0.3) is 0 Å². The van der Waals surface area contributed by atoms with Crippen LogP contribution >= 0.6 is 15.9 Å². The fourth-order valence-electron chi connectivity index (χ4n) is 2.95. The van der Waals surface area contributed by atoms with Gasteiger partial charge in [0.2, 0.25) is 0 Å². The van der Waals surface area contributed by atoms with E-state index in [4.69, 9.17) is 9.47 Å². The summed E-state index contributed by atoms with van der Waals surface area (Å²) in [5.41, 5.74) is 4.67. The van der Waals surface area contributed by atoms with Crippen LogP contribution < -0.4 is 14.8 Å². The molecular weight excluding hydrogens is 402 g/mol. The Hall–Kier alpha value is -2.30. The lowest BCUT2D eigenvalue weighted by Crippen LogP contribution is -2.14. The highest BCUT2D eigenvalue weighted by molar-refractivity contribution is 9.10. The summed E-state index contributed by atoms with van der Waals surface area (Å²) in [6.07, 6.45) is 0. The van der Waals surface area contributed by atoms with E-state index < -0.39 is 0 Å². The molecule has 3 aromatic rings. The molecule has 3 aromatic carbocycles. The van der Waals surface area contributed by atoms with Crippen molar-refractivity contribution in [3.8, 4) is 11.5 Å². The van der Waals surface area contributed by atoms with E-state index in [1.807, 2.05) is 18.2 Å². The van der Waals surface area contributed by atoms with Gasteiger partial charge in [-0.15, -0.1) is 0 Å². The number of benzene rings is 3. The molecule has 0 radical (unpaired) electrons. The molecule has 1 N–H and O–H groups in total. The van der Waals surface area contributed by atoms with Crippen molar-refractivity contribution >= 4 is 15.9 Å². The predicted molar refractivity (Wildman–Crippen MR) is 113 cm³/mol. The number of rotatable bonds is 8. The van der Waals surface area contributed by atoms with Gasteiger partial charge in [-0.1, -0.05) is 76.1 Å². The van der Waals surface area contributed by atoms with Gasteiger partial charge in [-0.3, -0.25) is 0 Å². The second kappa shape index (κ2) is 9.58. The first-order chi connectivity index (χ1) is 13.2. The molecule has 0 saturated carbocycles. The largest absolute Gasteiger partial charge is 0.493 e. The van der Waals surface area contributed by atoms with Crippen LogP contribution in [-0.4, -0.2) is 7.11 Å². The highest BCUT2D eigenvalue weighted by Crippen LogP contribution is 2.36. The molecule has 3 rings (SSSR count). The van der Waals surface area contributed by atoms with E-state index in [0.717, 1.165) is 33.6 Å². The maximum Gasteiger partial charge on any atom is 0.167 e. The molecule has 3 nitrogen and oxygen atoms in total. The lowest BCUT2D eigenvalue weighted by atomic mass is 10.1. The monoisotopic (exact) mass is 425 g/mol. The molecule has 0 bridgehead atoms. The molecular formula is C23H24BrNO2. The topological polar surface area (TPSA) is 30.5 Å². The first-order valence-corrected chi connectivity index (χ1v) is 9.75. The Morgan fingerprint density at radius 1 is 0.889 bits per heavy atom. The highest BCUT2D eigenvalue weighted by atomic mass is 79.9. The Labute approximate surface area is 169 Å². The lowest BCUT2D eigenvalue weighted by Gasteiger charge is -2.17. The molecule has 0 aliphatic heterocycles. The van der Waals surface area contributed by atoms with Crippen LogP contribution in [-0.2, 0) is 19.7 Å². The van der Waals surface area contributed by atoms with Crippen LogP contribution in [0.3, 0.4) is 0 Å². The van der Waals surface area contributed by atoms with E-state index >= 15 is 0 Å². The van der Waals surface area contributed by atoms with Gasteiger partial charge < -0.3 is 14.8 Å². The van der Waals surface area contributed by atoms with Gasteiger partial charge in [-0.25, -0.2) is 0 Å². The van der Waals surface area contributed by atoms with E-state index in [-0.39, 0.29) is 0 Å². The van der Waals surface area contributed by atoms with E-state index in [0.29, 0.717) is 13.2 Å². The Kier molecular flexibility index (Phi) is 6.91. The van der Waals surface area contributed by atoms with Crippen LogP contribution in [0.5, 0.6) is 11.5 Å². The zero-order chi connectivity index (χ0) is 19.1. The summed E-state index contributed by atoms with van der Waals surface area (Å²) in [5, 5.41) is 3.49. The molecule has 0 aliphatic carbocycles. The van der Waals surface area contributed by atoms with Crippen molar-refractivity contribution in [1.82, 2.24) is 5.32 Å². The molecule has 27 heavy (non-hydrogen) atoms. The number of nitrogens with one attached hydrogen (secondary N) is 1. The number of methoxy groups -OCH3 is 1. The average molecular weight is 426 g/mol. The summed E-state index contributed by atoms with van der Waals surface area (Å²) in [5.74, 6) is 1.51. The maximum absolute atomic E-state index is 6.19. The fourth-order valence-corrected chi connectivity index (χ4v) is 3.40. The fraction of sp³-hybridized carbons (Fsp3) is 0.217. The first kappa shape index (κ1) is 19.5. The molecule has 0 spiro atoms. The van der Waals surface area contributed by atoms with Crippen molar-refractivity contribution in [2.24, 2.45) is 0 Å². The Balaban J connectivity index is 1.75. The summed E-state index contributed by atoms with van der Waals surface area (Å²) in [4.78, 5) is 0. The molecule has 0 saturated heterocycles. The molecule has 0 aromatic heterocycles. The van der Waals surface area contributed by atoms with Crippen LogP contribution in [0, 0.1) is 6.92 Å². The average Bonchev–Trinajstić information content (AvgIpc) is 2.69. The minimum absolute atomic E-state index is 0.500. The van der Waals surface area contributed by atoms with Crippen LogP contribution in [0.4, 0.5) is 0 Å². The van der Waals surface area contributed by atoms with Crippen LogP contribution in [0.1, 0.15) is 22.3 Å². The zero-order valence-electron chi connectivity index (χ0n) is 15.7. The third kappa shape index (κ3) is 5.34. The van der Waals surface area contributed by atoms with Crippen molar-refractivity contribution in [2.75, 3.05) is 7.11 Å². The van der Waals surface area contributed by atoms with Crippen LogP contribution in [0.2, 0.25) is 0 Å².